The van der Waals surface area contributed by atoms with Crippen LogP contribution in [-0.2, 0) is 0 Å². The molecular formula is C18H19BrClN3. The van der Waals surface area contributed by atoms with Gasteiger partial charge in [-0.3, -0.25) is 0 Å². The molecule has 3 rings (SSSR count). The number of hydrogen-bond acceptors (Lipinski definition) is 2. The molecule has 1 aliphatic carbocycles. The number of halogens is 2. The zero-order valence-corrected chi connectivity index (χ0v) is 15.4. The Hall–Kier alpha value is -1.39. The summed E-state index contributed by atoms with van der Waals surface area (Å²) in [5.41, 5.74) is 2.29. The van der Waals surface area contributed by atoms with Crippen LogP contribution >= 0.6 is 27.5 Å². The van der Waals surface area contributed by atoms with Crippen LogP contribution in [-0.4, -0.2) is 14.5 Å². The van der Waals surface area contributed by atoms with Crippen LogP contribution in [0.1, 0.15) is 32.2 Å². The van der Waals surface area contributed by atoms with Crippen LogP contribution in [0.2, 0.25) is 5.15 Å². The fourth-order valence-corrected chi connectivity index (χ4v) is 4.37. The lowest BCUT2D eigenvalue weighted by Crippen LogP contribution is -2.06. The highest BCUT2D eigenvalue weighted by Crippen LogP contribution is 2.42. The molecule has 3 nitrogen and oxygen atoms in total. The molecule has 2 atom stereocenters. The third-order valence-electron chi connectivity index (χ3n) is 4.54. The largest absolute Gasteiger partial charge is 0.328 e. The molecule has 1 fully saturated rings. The van der Waals surface area contributed by atoms with E-state index in [1.165, 1.54) is 18.3 Å². The van der Waals surface area contributed by atoms with Crippen LogP contribution < -0.4 is 0 Å². The van der Waals surface area contributed by atoms with Crippen molar-refractivity contribution in [1.82, 2.24) is 14.5 Å². The van der Waals surface area contributed by atoms with Gasteiger partial charge in [0.2, 0.25) is 0 Å². The standard InChI is InChI=1S/C18H19BrClN3/c1-3-5-6-12(4-2)13-7-8-14(9-13)23-10-15(19)16-17(20)21-11-22-18(16)23/h3-6,10-11,13-14H,1,7-9H2,2H3/b6-5-,12-4+. The first-order chi connectivity index (χ1) is 11.2. The Morgan fingerprint density at radius 1 is 1.43 bits per heavy atom. The highest BCUT2D eigenvalue weighted by Gasteiger charge is 2.29. The van der Waals surface area contributed by atoms with Gasteiger partial charge in [0.15, 0.2) is 0 Å². The molecule has 0 radical (unpaired) electrons. The second-order valence-electron chi connectivity index (χ2n) is 5.79. The SMILES string of the molecule is C=C/C=C\C(=C/C)C1CCC(n2cc(Br)c3c(Cl)ncnc32)C1. The highest BCUT2D eigenvalue weighted by atomic mass is 79.9. The van der Waals surface area contributed by atoms with E-state index in [1.807, 2.05) is 12.2 Å². The van der Waals surface area contributed by atoms with Crippen molar-refractivity contribution in [3.05, 3.63) is 58.6 Å². The first kappa shape index (κ1) is 16.5. The van der Waals surface area contributed by atoms with Gasteiger partial charge in [0.05, 0.1) is 5.39 Å². The molecular weight excluding hydrogens is 374 g/mol. The molecule has 2 aromatic heterocycles. The maximum absolute atomic E-state index is 6.22. The highest BCUT2D eigenvalue weighted by molar-refractivity contribution is 9.10. The molecule has 0 aromatic carbocycles. The number of nitrogens with zero attached hydrogens (tertiary/aromatic N) is 3. The molecule has 0 aliphatic heterocycles. The summed E-state index contributed by atoms with van der Waals surface area (Å²) in [6.45, 7) is 5.85. The van der Waals surface area contributed by atoms with E-state index in [2.05, 4.69) is 62.3 Å². The normalized spacial score (nSPS) is 22.3. The van der Waals surface area contributed by atoms with Crippen LogP contribution in [0.15, 0.2) is 53.5 Å². The van der Waals surface area contributed by atoms with Gasteiger partial charge in [-0.15, -0.1) is 0 Å². The van der Waals surface area contributed by atoms with Crippen molar-refractivity contribution >= 4 is 38.6 Å². The summed E-state index contributed by atoms with van der Waals surface area (Å²) in [6, 6.07) is 0.437. The molecule has 120 valence electrons. The fourth-order valence-electron chi connectivity index (χ4n) is 3.44. The molecule has 1 aliphatic rings. The second-order valence-corrected chi connectivity index (χ2v) is 7.01. The molecule has 23 heavy (non-hydrogen) atoms. The summed E-state index contributed by atoms with van der Waals surface area (Å²) in [7, 11) is 0. The molecule has 1 saturated carbocycles. The quantitative estimate of drug-likeness (QED) is 0.480. The summed E-state index contributed by atoms with van der Waals surface area (Å²) in [5.74, 6) is 0.578. The monoisotopic (exact) mass is 391 g/mol. The molecule has 2 aromatic rings. The molecule has 0 amide bonds. The number of rotatable bonds is 4. The third kappa shape index (κ3) is 3.15. The van der Waals surface area contributed by atoms with Gasteiger partial charge in [0.1, 0.15) is 17.1 Å². The summed E-state index contributed by atoms with van der Waals surface area (Å²) in [5, 5.41) is 1.40. The molecule has 0 saturated heterocycles. The van der Waals surface area contributed by atoms with Crippen molar-refractivity contribution in [2.24, 2.45) is 5.92 Å². The lowest BCUT2D eigenvalue weighted by atomic mass is 9.96. The van der Waals surface area contributed by atoms with Crippen molar-refractivity contribution in [2.45, 2.75) is 32.2 Å². The predicted molar refractivity (Wildman–Crippen MR) is 99.7 cm³/mol. The summed E-state index contributed by atoms with van der Waals surface area (Å²) in [4.78, 5) is 8.52. The zero-order chi connectivity index (χ0) is 16.4. The van der Waals surface area contributed by atoms with Gasteiger partial charge in [0, 0.05) is 16.7 Å². The van der Waals surface area contributed by atoms with Crippen molar-refractivity contribution in [3.8, 4) is 0 Å². The molecule has 0 N–H and O–H groups in total. The van der Waals surface area contributed by atoms with Gasteiger partial charge in [-0.25, -0.2) is 9.97 Å². The van der Waals surface area contributed by atoms with Crippen molar-refractivity contribution in [3.63, 3.8) is 0 Å². The van der Waals surface area contributed by atoms with Crippen molar-refractivity contribution in [2.75, 3.05) is 0 Å². The Balaban J connectivity index is 1.89. The summed E-state index contributed by atoms with van der Waals surface area (Å²) < 4.78 is 3.21. The average molecular weight is 393 g/mol. The van der Waals surface area contributed by atoms with Gasteiger partial charge >= 0.3 is 0 Å². The van der Waals surface area contributed by atoms with Crippen molar-refractivity contribution in [1.29, 1.82) is 0 Å². The Labute approximate surface area is 149 Å². The minimum absolute atomic E-state index is 0.437. The van der Waals surface area contributed by atoms with Crippen LogP contribution in [0.25, 0.3) is 11.0 Å². The topological polar surface area (TPSA) is 30.7 Å². The Kier molecular flexibility index (Phi) is 5.02. The lowest BCUT2D eigenvalue weighted by Gasteiger charge is -2.15. The first-order valence-corrected chi connectivity index (χ1v) is 8.94. The zero-order valence-electron chi connectivity index (χ0n) is 13.0. The van der Waals surface area contributed by atoms with E-state index >= 15 is 0 Å². The molecule has 5 heteroatoms. The van der Waals surface area contributed by atoms with E-state index in [-0.39, 0.29) is 0 Å². The first-order valence-electron chi connectivity index (χ1n) is 7.77. The number of hydrogen-bond donors (Lipinski definition) is 0. The Morgan fingerprint density at radius 2 is 2.26 bits per heavy atom. The number of aromatic nitrogens is 3. The molecule has 0 spiro atoms. The molecule has 2 unspecified atom stereocenters. The van der Waals surface area contributed by atoms with E-state index in [1.54, 1.807) is 0 Å². The van der Waals surface area contributed by atoms with Gasteiger partial charge in [0.25, 0.3) is 0 Å². The van der Waals surface area contributed by atoms with E-state index in [0.29, 0.717) is 17.1 Å². The lowest BCUT2D eigenvalue weighted by molar-refractivity contribution is 0.514. The molecule has 2 heterocycles. The van der Waals surface area contributed by atoms with Crippen molar-refractivity contribution < 1.29 is 0 Å². The van der Waals surface area contributed by atoms with Crippen LogP contribution in [0.4, 0.5) is 0 Å². The van der Waals surface area contributed by atoms with E-state index in [4.69, 9.17) is 11.6 Å². The summed E-state index contributed by atoms with van der Waals surface area (Å²) >= 11 is 9.81. The minimum atomic E-state index is 0.437. The maximum Gasteiger partial charge on any atom is 0.146 e. The van der Waals surface area contributed by atoms with Gasteiger partial charge in [-0.1, -0.05) is 42.5 Å². The van der Waals surface area contributed by atoms with Gasteiger partial charge in [-0.2, -0.15) is 0 Å². The van der Waals surface area contributed by atoms with E-state index in [0.717, 1.165) is 28.3 Å². The second kappa shape index (κ2) is 7.02. The fraction of sp³-hybridized carbons (Fsp3) is 0.333. The number of fused-ring (bicyclic) bond motifs is 1. The Bertz CT molecular complexity index is 791. The van der Waals surface area contributed by atoms with Crippen LogP contribution in [0.5, 0.6) is 0 Å². The predicted octanol–water partition coefficient (Wildman–Crippen LogP) is 5.88. The molecule has 0 bridgehead atoms. The van der Waals surface area contributed by atoms with Gasteiger partial charge < -0.3 is 4.57 Å². The number of allylic oxidation sites excluding steroid dienone is 5. The minimum Gasteiger partial charge on any atom is -0.328 e. The average Bonchev–Trinajstić information content (AvgIpc) is 3.14. The smallest absolute Gasteiger partial charge is 0.146 e. The summed E-state index contributed by atoms with van der Waals surface area (Å²) in [6.07, 6.45) is 15.3. The van der Waals surface area contributed by atoms with Crippen LogP contribution in [0.3, 0.4) is 0 Å². The Morgan fingerprint density at radius 3 is 3.00 bits per heavy atom. The van der Waals surface area contributed by atoms with Crippen LogP contribution in [0, 0.1) is 5.92 Å². The van der Waals surface area contributed by atoms with E-state index in [9.17, 15) is 0 Å². The van der Waals surface area contributed by atoms with E-state index < -0.39 is 0 Å². The van der Waals surface area contributed by atoms with Gasteiger partial charge in [-0.05, 0) is 53.6 Å². The maximum atomic E-state index is 6.22. The third-order valence-corrected chi connectivity index (χ3v) is 5.43.